The highest BCUT2D eigenvalue weighted by atomic mass is 16.7. The fourth-order valence-corrected chi connectivity index (χ4v) is 2.62. The SMILES string of the molecule is CO[C@@]1(C)O[C@H](COC(C)=O)[C@@H](OC(C)=O)[C@H](OC(C)=O)[C@@H]1OC(C)=O. The Labute approximate surface area is 151 Å². The van der Waals surface area contributed by atoms with Crippen LogP contribution in [0.15, 0.2) is 0 Å². The van der Waals surface area contributed by atoms with Crippen LogP contribution < -0.4 is 0 Å². The minimum Gasteiger partial charge on any atom is -0.463 e. The molecule has 0 aromatic heterocycles. The standard InChI is InChI=1S/C16H24O10/c1-8(17)22-7-12-13(23-9(2)18)14(24-10(3)19)15(25-11(4)20)16(5,21-6)26-12/h12-15H,7H2,1-6H3/t12-,13-,14+,15+,16+/m1/s1. The smallest absolute Gasteiger partial charge is 0.303 e. The molecule has 0 aromatic carbocycles. The molecular weight excluding hydrogens is 352 g/mol. The molecule has 1 aliphatic heterocycles. The van der Waals surface area contributed by atoms with Gasteiger partial charge in [-0.05, 0) is 6.92 Å². The maximum absolute atomic E-state index is 11.6. The Balaban J connectivity index is 3.32. The molecule has 0 N–H and O–H groups in total. The second kappa shape index (κ2) is 8.95. The predicted octanol–water partition coefficient (Wildman–Crippen LogP) is 0.106. The fraction of sp³-hybridized carbons (Fsp3) is 0.750. The highest BCUT2D eigenvalue weighted by molar-refractivity contribution is 5.68. The molecule has 0 spiro atoms. The zero-order valence-corrected chi connectivity index (χ0v) is 15.6. The molecule has 0 aromatic rings. The molecule has 1 heterocycles. The van der Waals surface area contributed by atoms with Crippen LogP contribution in [-0.2, 0) is 47.6 Å². The minimum atomic E-state index is -1.55. The summed E-state index contributed by atoms with van der Waals surface area (Å²) in [6, 6.07) is 0. The third kappa shape index (κ3) is 5.67. The Morgan fingerprint density at radius 1 is 0.846 bits per heavy atom. The molecule has 1 rings (SSSR count). The van der Waals surface area contributed by atoms with Crippen molar-refractivity contribution in [1.82, 2.24) is 0 Å². The summed E-state index contributed by atoms with van der Waals surface area (Å²) < 4.78 is 31.7. The van der Waals surface area contributed by atoms with Gasteiger partial charge in [0.15, 0.2) is 18.3 Å². The second-order valence-electron chi connectivity index (χ2n) is 5.86. The topological polar surface area (TPSA) is 124 Å². The van der Waals surface area contributed by atoms with Gasteiger partial charge in [0, 0.05) is 34.8 Å². The molecule has 0 aliphatic carbocycles. The Morgan fingerprint density at radius 3 is 1.77 bits per heavy atom. The number of rotatable bonds is 6. The zero-order valence-electron chi connectivity index (χ0n) is 15.6. The summed E-state index contributed by atoms with van der Waals surface area (Å²) in [5, 5.41) is 0. The Hall–Kier alpha value is -2.20. The molecule has 26 heavy (non-hydrogen) atoms. The minimum absolute atomic E-state index is 0.295. The summed E-state index contributed by atoms with van der Waals surface area (Å²) >= 11 is 0. The summed E-state index contributed by atoms with van der Waals surface area (Å²) in [7, 11) is 1.30. The number of methoxy groups -OCH3 is 1. The van der Waals surface area contributed by atoms with Crippen molar-refractivity contribution in [2.45, 2.75) is 64.8 Å². The molecule has 0 amide bonds. The normalized spacial score (nSPS) is 30.8. The molecule has 10 nitrogen and oxygen atoms in total. The first kappa shape index (κ1) is 21.8. The van der Waals surface area contributed by atoms with E-state index in [1.165, 1.54) is 21.0 Å². The van der Waals surface area contributed by atoms with Gasteiger partial charge in [-0.2, -0.15) is 0 Å². The maximum atomic E-state index is 11.6. The van der Waals surface area contributed by atoms with E-state index >= 15 is 0 Å². The first-order chi connectivity index (χ1) is 12.0. The highest BCUT2D eigenvalue weighted by Gasteiger charge is 2.58. The van der Waals surface area contributed by atoms with Crippen molar-refractivity contribution < 1.29 is 47.6 Å². The fourth-order valence-electron chi connectivity index (χ4n) is 2.62. The van der Waals surface area contributed by atoms with E-state index in [1.54, 1.807) is 0 Å². The van der Waals surface area contributed by atoms with Crippen LogP contribution >= 0.6 is 0 Å². The van der Waals surface area contributed by atoms with E-state index in [-0.39, 0.29) is 6.61 Å². The van der Waals surface area contributed by atoms with Gasteiger partial charge in [-0.1, -0.05) is 0 Å². The monoisotopic (exact) mass is 376 g/mol. The van der Waals surface area contributed by atoms with Crippen LogP contribution in [0.5, 0.6) is 0 Å². The average Bonchev–Trinajstić information content (AvgIpc) is 2.50. The molecule has 1 fully saturated rings. The van der Waals surface area contributed by atoms with Gasteiger partial charge in [0.05, 0.1) is 0 Å². The lowest BCUT2D eigenvalue weighted by Crippen LogP contribution is -2.67. The Kier molecular flexibility index (Phi) is 7.52. The van der Waals surface area contributed by atoms with Crippen molar-refractivity contribution in [1.29, 1.82) is 0 Å². The predicted molar refractivity (Wildman–Crippen MR) is 83.6 cm³/mol. The molecule has 1 saturated heterocycles. The Morgan fingerprint density at radius 2 is 1.35 bits per heavy atom. The lowest BCUT2D eigenvalue weighted by atomic mass is 9.92. The largest absolute Gasteiger partial charge is 0.463 e. The van der Waals surface area contributed by atoms with E-state index in [1.807, 2.05) is 0 Å². The number of carbonyl (C=O) groups excluding carboxylic acids is 4. The maximum Gasteiger partial charge on any atom is 0.303 e. The summed E-state index contributed by atoms with van der Waals surface area (Å²) in [4.78, 5) is 45.8. The van der Waals surface area contributed by atoms with E-state index in [2.05, 4.69) is 0 Å². The molecule has 0 radical (unpaired) electrons. The van der Waals surface area contributed by atoms with E-state index in [0.29, 0.717) is 0 Å². The quantitative estimate of drug-likeness (QED) is 0.466. The van der Waals surface area contributed by atoms with Gasteiger partial charge in [0.25, 0.3) is 0 Å². The van der Waals surface area contributed by atoms with E-state index < -0.39 is 54.1 Å². The second-order valence-corrected chi connectivity index (χ2v) is 5.86. The van der Waals surface area contributed by atoms with E-state index in [4.69, 9.17) is 28.4 Å². The molecule has 0 bridgehead atoms. The van der Waals surface area contributed by atoms with E-state index in [0.717, 1.165) is 20.8 Å². The van der Waals surface area contributed by atoms with Crippen molar-refractivity contribution >= 4 is 23.9 Å². The molecule has 5 atom stereocenters. The van der Waals surface area contributed by atoms with Gasteiger partial charge < -0.3 is 28.4 Å². The molecule has 0 unspecified atom stereocenters. The van der Waals surface area contributed by atoms with Gasteiger partial charge in [-0.15, -0.1) is 0 Å². The Bertz CT molecular complexity index is 559. The van der Waals surface area contributed by atoms with E-state index in [9.17, 15) is 19.2 Å². The van der Waals surface area contributed by atoms with Gasteiger partial charge in [-0.25, -0.2) is 0 Å². The molecule has 0 saturated carbocycles. The van der Waals surface area contributed by atoms with Crippen LogP contribution in [0.1, 0.15) is 34.6 Å². The van der Waals surface area contributed by atoms with Crippen LogP contribution in [0.25, 0.3) is 0 Å². The van der Waals surface area contributed by atoms with Crippen molar-refractivity contribution in [3.05, 3.63) is 0 Å². The summed E-state index contributed by atoms with van der Waals surface area (Å²) in [5.41, 5.74) is 0. The molecule has 10 heteroatoms. The zero-order chi connectivity index (χ0) is 20.1. The van der Waals surface area contributed by atoms with Crippen LogP contribution in [0.4, 0.5) is 0 Å². The molecule has 148 valence electrons. The first-order valence-corrected chi connectivity index (χ1v) is 7.88. The third-order valence-corrected chi connectivity index (χ3v) is 3.64. The third-order valence-electron chi connectivity index (χ3n) is 3.64. The van der Waals surface area contributed by atoms with Crippen LogP contribution in [0.2, 0.25) is 0 Å². The van der Waals surface area contributed by atoms with Crippen LogP contribution in [-0.4, -0.2) is 67.8 Å². The summed E-state index contributed by atoms with van der Waals surface area (Å²) in [6.45, 7) is 5.82. The van der Waals surface area contributed by atoms with Crippen LogP contribution in [0, 0.1) is 0 Å². The van der Waals surface area contributed by atoms with Crippen molar-refractivity contribution in [2.24, 2.45) is 0 Å². The highest BCUT2D eigenvalue weighted by Crippen LogP contribution is 2.36. The van der Waals surface area contributed by atoms with Gasteiger partial charge in [0.1, 0.15) is 12.7 Å². The van der Waals surface area contributed by atoms with Crippen LogP contribution in [0.3, 0.4) is 0 Å². The van der Waals surface area contributed by atoms with Crippen molar-refractivity contribution in [3.63, 3.8) is 0 Å². The van der Waals surface area contributed by atoms with Crippen molar-refractivity contribution in [2.75, 3.05) is 13.7 Å². The van der Waals surface area contributed by atoms with Gasteiger partial charge in [-0.3, -0.25) is 19.2 Å². The first-order valence-electron chi connectivity index (χ1n) is 7.88. The number of carbonyl (C=O) groups is 4. The molecule has 1 aliphatic rings. The lowest BCUT2D eigenvalue weighted by molar-refractivity contribution is -0.352. The summed E-state index contributed by atoms with van der Waals surface area (Å²) in [5.74, 6) is -4.20. The lowest BCUT2D eigenvalue weighted by Gasteiger charge is -2.48. The number of esters is 4. The number of hydrogen-bond acceptors (Lipinski definition) is 10. The van der Waals surface area contributed by atoms with Gasteiger partial charge in [0.2, 0.25) is 5.79 Å². The summed E-state index contributed by atoms with van der Waals surface area (Å²) in [6.07, 6.45) is -4.68. The number of ether oxygens (including phenoxy) is 6. The number of hydrogen-bond donors (Lipinski definition) is 0. The van der Waals surface area contributed by atoms with Gasteiger partial charge >= 0.3 is 23.9 Å². The average molecular weight is 376 g/mol. The molecular formula is C16H24O10. The van der Waals surface area contributed by atoms with Crippen molar-refractivity contribution in [3.8, 4) is 0 Å².